The zero-order chi connectivity index (χ0) is 24.7. The molecule has 0 spiro atoms. The van der Waals surface area contributed by atoms with E-state index < -0.39 is 4.92 Å². The molecule has 1 aromatic heterocycles. The van der Waals surface area contributed by atoms with E-state index in [9.17, 15) is 10.1 Å². The van der Waals surface area contributed by atoms with Crippen molar-refractivity contribution in [2.75, 3.05) is 13.2 Å². The lowest BCUT2D eigenvalue weighted by Crippen LogP contribution is -2.08. The van der Waals surface area contributed by atoms with E-state index in [0.29, 0.717) is 13.2 Å². The molecule has 0 N–H and O–H groups in total. The molecule has 0 aliphatic rings. The molecule has 36 heavy (non-hydrogen) atoms. The van der Waals surface area contributed by atoms with Gasteiger partial charge in [0, 0.05) is 23.9 Å². The van der Waals surface area contributed by atoms with Gasteiger partial charge in [-0.15, -0.1) is 11.3 Å². The summed E-state index contributed by atoms with van der Waals surface area (Å²) in [5.74, 6) is 1.50. The van der Waals surface area contributed by atoms with Crippen molar-refractivity contribution in [2.24, 2.45) is 4.99 Å². The van der Waals surface area contributed by atoms with Gasteiger partial charge in [-0.25, -0.2) is 4.98 Å². The zero-order valence-corrected chi connectivity index (χ0v) is 19.9. The van der Waals surface area contributed by atoms with E-state index in [1.54, 1.807) is 29.7 Å². The largest absolute Gasteiger partial charge is 0.490 e. The molecule has 4 aromatic carbocycles. The van der Waals surface area contributed by atoms with Crippen LogP contribution in [-0.2, 0) is 0 Å². The predicted molar refractivity (Wildman–Crippen MR) is 143 cm³/mol. The molecule has 5 rings (SSSR count). The molecule has 0 aliphatic heterocycles. The molecule has 0 amide bonds. The van der Waals surface area contributed by atoms with Crippen molar-refractivity contribution < 1.29 is 14.4 Å². The molecule has 0 unspecified atom stereocenters. The molecule has 0 atom stereocenters. The summed E-state index contributed by atoms with van der Waals surface area (Å²) in [6, 6.07) is 29.7. The van der Waals surface area contributed by atoms with E-state index in [4.69, 9.17) is 14.5 Å². The van der Waals surface area contributed by atoms with Gasteiger partial charge in [0.25, 0.3) is 5.69 Å². The monoisotopic (exact) mass is 495 g/mol. The summed E-state index contributed by atoms with van der Waals surface area (Å²) in [6.07, 6.45) is 1.66. The van der Waals surface area contributed by atoms with Crippen LogP contribution in [0, 0.1) is 10.1 Å². The number of hydrogen-bond donors (Lipinski definition) is 0. The summed E-state index contributed by atoms with van der Waals surface area (Å²) in [6.45, 7) is 0.825. The third-order valence-corrected chi connectivity index (χ3v) is 6.40. The molecule has 5 aromatic rings. The molecule has 8 heteroatoms. The summed E-state index contributed by atoms with van der Waals surface area (Å²) in [4.78, 5) is 19.4. The Morgan fingerprint density at radius 2 is 1.47 bits per heavy atom. The Morgan fingerprint density at radius 3 is 2.11 bits per heavy atom. The highest BCUT2D eigenvalue weighted by Crippen LogP contribution is 2.30. The van der Waals surface area contributed by atoms with E-state index in [1.807, 2.05) is 66.7 Å². The minimum Gasteiger partial charge on any atom is -0.490 e. The predicted octanol–water partition coefficient (Wildman–Crippen LogP) is 7.08. The number of nitro groups is 1. The summed E-state index contributed by atoms with van der Waals surface area (Å²) >= 11 is 1.68. The summed E-state index contributed by atoms with van der Waals surface area (Å²) in [5, 5.41) is 11.7. The van der Waals surface area contributed by atoms with Gasteiger partial charge in [0.2, 0.25) is 0 Å². The van der Waals surface area contributed by atoms with Crippen LogP contribution in [0.2, 0.25) is 0 Å². The summed E-state index contributed by atoms with van der Waals surface area (Å²) < 4.78 is 12.7. The van der Waals surface area contributed by atoms with Gasteiger partial charge in [-0.3, -0.25) is 15.1 Å². The Labute approximate surface area is 211 Å². The van der Waals surface area contributed by atoms with Crippen LogP contribution in [0.25, 0.3) is 20.8 Å². The molecule has 0 saturated carbocycles. The fourth-order valence-electron chi connectivity index (χ4n) is 3.47. The highest BCUT2D eigenvalue weighted by molar-refractivity contribution is 7.21. The van der Waals surface area contributed by atoms with E-state index in [1.165, 1.54) is 16.8 Å². The van der Waals surface area contributed by atoms with Gasteiger partial charge in [-0.05, 0) is 78.4 Å². The molecule has 1 heterocycles. The average molecular weight is 496 g/mol. The second kappa shape index (κ2) is 10.8. The minimum atomic E-state index is -0.425. The van der Waals surface area contributed by atoms with Crippen LogP contribution in [0.5, 0.6) is 11.5 Å². The van der Waals surface area contributed by atoms with Gasteiger partial charge in [0.15, 0.2) is 0 Å². The lowest BCUT2D eigenvalue weighted by molar-refractivity contribution is -0.384. The Kier molecular flexibility index (Phi) is 6.95. The molecule has 0 saturated heterocycles. The summed E-state index contributed by atoms with van der Waals surface area (Å²) in [5.41, 5.74) is 3.67. The van der Waals surface area contributed by atoms with Crippen LogP contribution in [0.15, 0.2) is 102 Å². The molecular weight excluding hydrogens is 474 g/mol. The van der Waals surface area contributed by atoms with Crippen molar-refractivity contribution in [3.05, 3.63) is 113 Å². The standard InChI is InChI=1S/C28H21N3O4S/c32-31(33)23-11-5-20(6-12-23)19-29-22-9-15-25(16-10-22)35-18-17-34-24-13-7-21(8-14-24)28-30-26-3-1-2-4-27(26)36-28/h1-16,19H,17-18H2. The number of aliphatic imine (C=N–C) groups is 1. The van der Waals surface area contributed by atoms with Crippen molar-refractivity contribution in [2.45, 2.75) is 0 Å². The van der Waals surface area contributed by atoms with Crippen LogP contribution in [0.1, 0.15) is 5.56 Å². The Morgan fingerprint density at radius 1 is 0.833 bits per heavy atom. The van der Waals surface area contributed by atoms with E-state index in [2.05, 4.69) is 11.1 Å². The van der Waals surface area contributed by atoms with Crippen LogP contribution >= 0.6 is 11.3 Å². The Bertz CT molecular complexity index is 1460. The zero-order valence-electron chi connectivity index (χ0n) is 19.1. The molecule has 0 bridgehead atoms. The van der Waals surface area contributed by atoms with Crippen LogP contribution in [0.4, 0.5) is 11.4 Å². The highest BCUT2D eigenvalue weighted by Gasteiger charge is 2.06. The number of fused-ring (bicyclic) bond motifs is 1. The first-order valence-corrected chi connectivity index (χ1v) is 12.1. The number of benzene rings is 4. The quantitative estimate of drug-likeness (QED) is 0.0944. The number of hydrogen-bond acceptors (Lipinski definition) is 7. The fourth-order valence-corrected chi connectivity index (χ4v) is 4.44. The van der Waals surface area contributed by atoms with Gasteiger partial charge in [0.1, 0.15) is 29.7 Å². The third-order valence-electron chi connectivity index (χ3n) is 5.32. The third kappa shape index (κ3) is 5.73. The van der Waals surface area contributed by atoms with Crippen molar-refractivity contribution >= 4 is 39.1 Å². The normalized spacial score (nSPS) is 11.1. The molecular formula is C28H21N3O4S. The maximum Gasteiger partial charge on any atom is 0.269 e. The first-order chi connectivity index (χ1) is 17.6. The van der Waals surface area contributed by atoms with E-state index in [-0.39, 0.29) is 5.69 Å². The van der Waals surface area contributed by atoms with Crippen molar-refractivity contribution in [3.63, 3.8) is 0 Å². The smallest absolute Gasteiger partial charge is 0.269 e. The van der Waals surface area contributed by atoms with Gasteiger partial charge in [-0.1, -0.05) is 12.1 Å². The second-order valence-corrected chi connectivity index (χ2v) is 8.84. The van der Waals surface area contributed by atoms with Crippen LogP contribution in [0.3, 0.4) is 0 Å². The van der Waals surface area contributed by atoms with Gasteiger partial charge >= 0.3 is 0 Å². The van der Waals surface area contributed by atoms with Gasteiger partial charge < -0.3 is 9.47 Å². The first-order valence-electron chi connectivity index (χ1n) is 11.2. The molecule has 7 nitrogen and oxygen atoms in total. The van der Waals surface area contributed by atoms with E-state index in [0.717, 1.165) is 38.8 Å². The number of para-hydroxylation sites is 1. The number of nitrogens with zero attached hydrogens (tertiary/aromatic N) is 3. The van der Waals surface area contributed by atoms with Gasteiger partial charge in [0.05, 0.1) is 20.8 Å². The lowest BCUT2D eigenvalue weighted by atomic mass is 10.2. The van der Waals surface area contributed by atoms with Crippen molar-refractivity contribution in [1.82, 2.24) is 4.98 Å². The SMILES string of the molecule is O=[N+]([O-])c1ccc(C=Nc2ccc(OCCOc3ccc(-c4nc5ccccc5s4)cc3)cc2)cc1. The van der Waals surface area contributed by atoms with Crippen LogP contribution < -0.4 is 9.47 Å². The maximum absolute atomic E-state index is 10.7. The van der Waals surface area contributed by atoms with Gasteiger partial charge in [-0.2, -0.15) is 0 Å². The first kappa shape index (κ1) is 23.2. The number of nitro benzene ring substituents is 1. The minimum absolute atomic E-state index is 0.0547. The number of ether oxygens (including phenoxy) is 2. The van der Waals surface area contributed by atoms with E-state index >= 15 is 0 Å². The lowest BCUT2D eigenvalue weighted by Gasteiger charge is -2.09. The number of non-ortho nitro benzene ring substituents is 1. The molecule has 178 valence electrons. The highest BCUT2D eigenvalue weighted by atomic mass is 32.1. The fraction of sp³-hybridized carbons (Fsp3) is 0.0714. The number of thiazole rings is 1. The Hall–Kier alpha value is -4.56. The van der Waals surface area contributed by atoms with Crippen molar-refractivity contribution in [1.29, 1.82) is 0 Å². The number of rotatable bonds is 9. The topological polar surface area (TPSA) is 86.9 Å². The van der Waals surface area contributed by atoms with Crippen LogP contribution in [-0.4, -0.2) is 29.3 Å². The molecule has 0 fully saturated rings. The molecule has 0 radical (unpaired) electrons. The maximum atomic E-state index is 10.7. The summed E-state index contributed by atoms with van der Waals surface area (Å²) in [7, 11) is 0. The van der Waals surface area contributed by atoms with Crippen molar-refractivity contribution in [3.8, 4) is 22.1 Å². The second-order valence-electron chi connectivity index (χ2n) is 7.81. The average Bonchev–Trinajstić information content (AvgIpc) is 3.36. The number of aromatic nitrogens is 1. The Balaban J connectivity index is 1.08. The molecule has 0 aliphatic carbocycles.